The van der Waals surface area contributed by atoms with Crippen LogP contribution in [0.15, 0.2) is 61.1 Å². The number of rotatable bonds is 5. The zero-order valence-electron chi connectivity index (χ0n) is 20.3. The Hall–Kier alpha value is -3.71. The van der Waals surface area contributed by atoms with Gasteiger partial charge in [-0.2, -0.15) is 5.10 Å². The maximum absolute atomic E-state index is 5.81. The van der Waals surface area contributed by atoms with Gasteiger partial charge < -0.3 is 14.0 Å². The summed E-state index contributed by atoms with van der Waals surface area (Å²) in [5.74, 6) is 1.03. The fourth-order valence-electron chi connectivity index (χ4n) is 5.67. The first-order valence-electron chi connectivity index (χ1n) is 12.1. The van der Waals surface area contributed by atoms with Crippen molar-refractivity contribution in [3.05, 3.63) is 72.2 Å². The van der Waals surface area contributed by atoms with Crippen LogP contribution in [0.1, 0.15) is 30.0 Å². The van der Waals surface area contributed by atoms with Gasteiger partial charge in [0.05, 0.1) is 36.1 Å². The Morgan fingerprint density at radius 2 is 1.86 bits per heavy atom. The number of fused-ring (bicyclic) bond motifs is 3. The molecule has 1 aromatic carbocycles. The molecule has 7 nitrogen and oxygen atoms in total. The molecular formula is C28H29N5O2. The first-order chi connectivity index (χ1) is 17.2. The van der Waals surface area contributed by atoms with Gasteiger partial charge in [0.15, 0.2) is 0 Å². The molecule has 0 saturated carbocycles. The number of nitrogens with zero attached hydrogens (tertiary/aromatic N) is 5. The van der Waals surface area contributed by atoms with Crippen LogP contribution in [0, 0.1) is 12.8 Å². The topological polar surface area (TPSA) is 67.0 Å². The molecule has 1 aliphatic heterocycles. The van der Waals surface area contributed by atoms with E-state index in [1.165, 1.54) is 5.56 Å². The van der Waals surface area contributed by atoms with Crippen LogP contribution in [-0.4, -0.2) is 44.6 Å². The summed E-state index contributed by atoms with van der Waals surface area (Å²) < 4.78 is 15.9. The highest BCUT2D eigenvalue weighted by Gasteiger charge is 2.31. The van der Waals surface area contributed by atoms with Crippen molar-refractivity contribution < 1.29 is 9.47 Å². The zero-order valence-corrected chi connectivity index (χ0v) is 20.3. The number of aryl methyl sites for hydroxylation is 2. The predicted octanol–water partition coefficient (Wildman–Crippen LogP) is 5.32. The highest BCUT2D eigenvalue weighted by Crippen LogP contribution is 2.43. The van der Waals surface area contributed by atoms with Gasteiger partial charge in [0.25, 0.3) is 0 Å². The lowest BCUT2D eigenvalue weighted by Gasteiger charge is -2.33. The molecule has 0 amide bonds. The number of pyridine rings is 2. The molecule has 5 heterocycles. The predicted molar refractivity (Wildman–Crippen MR) is 137 cm³/mol. The van der Waals surface area contributed by atoms with Crippen LogP contribution in [0.3, 0.4) is 0 Å². The van der Waals surface area contributed by atoms with E-state index in [2.05, 4.69) is 58.0 Å². The summed E-state index contributed by atoms with van der Waals surface area (Å²) in [7, 11) is 3.66. The summed E-state index contributed by atoms with van der Waals surface area (Å²) in [5.41, 5.74) is 7.53. The van der Waals surface area contributed by atoms with E-state index in [-0.39, 0.29) is 6.04 Å². The summed E-state index contributed by atoms with van der Waals surface area (Å²) in [6.45, 7) is 3.64. The van der Waals surface area contributed by atoms with Crippen molar-refractivity contribution in [1.82, 2.24) is 24.3 Å². The normalized spacial score (nSPS) is 15.6. The van der Waals surface area contributed by atoms with Crippen LogP contribution in [-0.2, 0) is 11.8 Å². The van der Waals surface area contributed by atoms with Crippen molar-refractivity contribution in [2.45, 2.75) is 25.8 Å². The molecule has 35 heavy (non-hydrogen) atoms. The number of methoxy groups -OCH3 is 1. The van der Waals surface area contributed by atoms with E-state index in [0.717, 1.165) is 64.8 Å². The number of benzene rings is 1. The number of hydrogen-bond donors (Lipinski definition) is 0. The summed E-state index contributed by atoms with van der Waals surface area (Å²) in [5, 5.41) is 5.51. The second-order valence-corrected chi connectivity index (χ2v) is 9.28. The molecular weight excluding hydrogens is 438 g/mol. The Labute approximate surface area is 204 Å². The average molecular weight is 468 g/mol. The lowest BCUT2D eigenvalue weighted by molar-refractivity contribution is 0.0552. The highest BCUT2D eigenvalue weighted by molar-refractivity contribution is 6.08. The molecule has 4 aromatic heterocycles. The van der Waals surface area contributed by atoms with Crippen molar-refractivity contribution in [3.63, 3.8) is 0 Å². The van der Waals surface area contributed by atoms with Gasteiger partial charge in [-0.05, 0) is 48.9 Å². The van der Waals surface area contributed by atoms with Gasteiger partial charge in [-0.3, -0.25) is 9.67 Å². The Balaban J connectivity index is 1.70. The molecule has 5 aromatic rings. The molecule has 0 aliphatic carbocycles. The SMILES string of the molecule is COc1nccc2c3ncc(-c4c(C)cnn4C)cc3n(C(c3ccccc3)C3CCOCC3)c12. The van der Waals surface area contributed by atoms with Crippen molar-refractivity contribution in [3.8, 4) is 17.1 Å². The third-order valence-electron chi connectivity index (χ3n) is 7.23. The van der Waals surface area contributed by atoms with Gasteiger partial charge in [0, 0.05) is 43.6 Å². The standard InChI is InChI=1S/C28H29N5O2/c1-18-16-31-32(2)25(18)21-15-23-24(30-17-21)22-9-12-29-28(34-3)27(22)33(23)26(19-7-5-4-6-8-19)20-10-13-35-14-11-20/h4-9,12,15-17,20,26H,10-11,13-14H2,1-3H3. The summed E-state index contributed by atoms with van der Waals surface area (Å²) in [6.07, 6.45) is 7.65. The smallest absolute Gasteiger partial charge is 0.238 e. The molecule has 0 N–H and O–H groups in total. The van der Waals surface area contributed by atoms with Gasteiger partial charge in [-0.1, -0.05) is 30.3 Å². The van der Waals surface area contributed by atoms with Crippen LogP contribution in [0.2, 0.25) is 0 Å². The number of ether oxygens (including phenoxy) is 2. The van der Waals surface area contributed by atoms with Gasteiger partial charge in [-0.25, -0.2) is 4.98 Å². The monoisotopic (exact) mass is 467 g/mol. The van der Waals surface area contributed by atoms with E-state index < -0.39 is 0 Å². The van der Waals surface area contributed by atoms with Crippen LogP contribution in [0.5, 0.6) is 5.88 Å². The second-order valence-electron chi connectivity index (χ2n) is 9.28. The maximum Gasteiger partial charge on any atom is 0.238 e. The van der Waals surface area contributed by atoms with Crippen molar-refractivity contribution >= 4 is 21.9 Å². The summed E-state index contributed by atoms with van der Waals surface area (Å²) in [4.78, 5) is 9.59. The van der Waals surface area contributed by atoms with Crippen molar-refractivity contribution in [1.29, 1.82) is 0 Å². The van der Waals surface area contributed by atoms with Gasteiger partial charge >= 0.3 is 0 Å². The molecule has 0 bridgehead atoms. The van der Waals surface area contributed by atoms with E-state index in [1.807, 2.05) is 30.2 Å². The van der Waals surface area contributed by atoms with E-state index in [0.29, 0.717) is 11.8 Å². The minimum absolute atomic E-state index is 0.0999. The largest absolute Gasteiger partial charge is 0.479 e. The van der Waals surface area contributed by atoms with E-state index in [9.17, 15) is 0 Å². The fourth-order valence-corrected chi connectivity index (χ4v) is 5.67. The molecule has 1 atom stereocenters. The van der Waals surface area contributed by atoms with E-state index >= 15 is 0 Å². The lowest BCUT2D eigenvalue weighted by Crippen LogP contribution is -2.27. The average Bonchev–Trinajstić information content (AvgIpc) is 3.41. The minimum Gasteiger partial charge on any atom is -0.479 e. The first kappa shape index (κ1) is 21.8. The number of hydrogen-bond acceptors (Lipinski definition) is 5. The van der Waals surface area contributed by atoms with E-state index in [4.69, 9.17) is 14.5 Å². The molecule has 0 radical (unpaired) electrons. The molecule has 6 rings (SSSR count). The lowest BCUT2D eigenvalue weighted by atomic mass is 9.86. The van der Waals surface area contributed by atoms with Crippen molar-refractivity contribution in [2.75, 3.05) is 20.3 Å². The molecule has 1 saturated heterocycles. The molecule has 0 spiro atoms. The zero-order chi connectivity index (χ0) is 23.9. The number of aromatic nitrogens is 5. The third-order valence-corrected chi connectivity index (χ3v) is 7.23. The first-order valence-corrected chi connectivity index (χ1v) is 12.1. The van der Waals surface area contributed by atoms with Crippen LogP contribution in [0.4, 0.5) is 0 Å². The van der Waals surface area contributed by atoms with Gasteiger partial charge in [-0.15, -0.1) is 0 Å². The van der Waals surface area contributed by atoms with Crippen molar-refractivity contribution in [2.24, 2.45) is 13.0 Å². The highest BCUT2D eigenvalue weighted by atomic mass is 16.5. The third kappa shape index (κ3) is 3.58. The van der Waals surface area contributed by atoms with Gasteiger partial charge in [0.2, 0.25) is 5.88 Å². The Kier molecular flexibility index (Phi) is 5.49. The Morgan fingerprint density at radius 1 is 1.06 bits per heavy atom. The Morgan fingerprint density at radius 3 is 2.57 bits per heavy atom. The van der Waals surface area contributed by atoms with Crippen LogP contribution in [0.25, 0.3) is 33.2 Å². The van der Waals surface area contributed by atoms with Gasteiger partial charge in [0.1, 0.15) is 5.52 Å². The summed E-state index contributed by atoms with van der Waals surface area (Å²) in [6, 6.07) is 15.2. The Bertz CT molecular complexity index is 1480. The van der Waals surface area contributed by atoms with Crippen LogP contribution >= 0.6 is 0 Å². The molecule has 1 aliphatic rings. The van der Waals surface area contributed by atoms with E-state index in [1.54, 1.807) is 13.3 Å². The molecule has 7 heteroatoms. The molecule has 1 unspecified atom stereocenters. The minimum atomic E-state index is 0.0999. The molecule has 1 fully saturated rings. The maximum atomic E-state index is 5.81. The quantitative estimate of drug-likeness (QED) is 0.350. The fraction of sp³-hybridized carbons (Fsp3) is 0.321. The second kappa shape index (κ2) is 8.82. The van der Waals surface area contributed by atoms with Crippen LogP contribution < -0.4 is 4.74 Å². The molecule has 178 valence electrons. The summed E-state index contributed by atoms with van der Waals surface area (Å²) >= 11 is 0.